The summed E-state index contributed by atoms with van der Waals surface area (Å²) in [6.45, 7) is 0. The lowest BCUT2D eigenvalue weighted by Crippen LogP contribution is -1.77. The molecule has 0 aliphatic heterocycles. The highest BCUT2D eigenvalue weighted by Crippen LogP contribution is 2.29. The minimum absolute atomic E-state index is 0.544. The van der Waals surface area contributed by atoms with Gasteiger partial charge in [-0.15, -0.1) is 5.11 Å². The van der Waals surface area contributed by atoms with Crippen molar-refractivity contribution in [3.8, 4) is 11.5 Å². The maximum Gasteiger partial charge on any atom is 0.228 e. The van der Waals surface area contributed by atoms with E-state index in [2.05, 4.69) is 15.2 Å². The van der Waals surface area contributed by atoms with E-state index in [1.807, 2.05) is 54.6 Å². The van der Waals surface area contributed by atoms with Gasteiger partial charge in [0.15, 0.2) is 0 Å². The first kappa shape index (κ1) is 11.3. The Morgan fingerprint density at radius 1 is 0.842 bits per heavy atom. The van der Waals surface area contributed by atoms with E-state index >= 15 is 0 Å². The molecule has 0 radical (unpaired) electrons. The zero-order chi connectivity index (χ0) is 12.9. The standard InChI is InChI=1S/C15H11N3O/c1-2-6-12(7-3-1)17-18-14-9-5-4-8-13(14)15-16-10-11-19-15/h1-11H/b18-17+. The molecule has 1 heterocycles. The highest BCUT2D eigenvalue weighted by molar-refractivity contribution is 5.69. The fraction of sp³-hybridized carbons (Fsp3) is 0. The Balaban J connectivity index is 1.96. The smallest absolute Gasteiger partial charge is 0.228 e. The molecule has 0 unspecified atom stereocenters. The SMILES string of the molecule is c1ccc(/N=N/c2ccccc2-c2ncco2)cc1. The Bertz CT molecular complexity index is 676. The molecule has 3 rings (SSSR count). The quantitative estimate of drug-likeness (QED) is 0.628. The topological polar surface area (TPSA) is 50.8 Å². The second kappa shape index (κ2) is 5.27. The number of aromatic nitrogens is 1. The molecule has 0 aliphatic rings. The Morgan fingerprint density at radius 3 is 2.42 bits per heavy atom. The summed E-state index contributed by atoms with van der Waals surface area (Å²) >= 11 is 0. The zero-order valence-electron chi connectivity index (χ0n) is 10.1. The van der Waals surface area contributed by atoms with Crippen LogP contribution in [0.4, 0.5) is 11.4 Å². The Hall–Kier alpha value is -2.75. The molecule has 92 valence electrons. The molecule has 4 nitrogen and oxygen atoms in total. The molecule has 0 fully saturated rings. The van der Waals surface area contributed by atoms with E-state index in [4.69, 9.17) is 4.42 Å². The zero-order valence-corrected chi connectivity index (χ0v) is 10.1. The molecule has 4 heteroatoms. The number of hydrogen-bond acceptors (Lipinski definition) is 4. The molecule has 0 atom stereocenters. The third-order valence-corrected chi connectivity index (χ3v) is 2.60. The molecular weight excluding hydrogens is 238 g/mol. The average molecular weight is 249 g/mol. The molecule has 19 heavy (non-hydrogen) atoms. The lowest BCUT2D eigenvalue weighted by atomic mass is 10.2. The fourth-order valence-corrected chi connectivity index (χ4v) is 1.70. The fourth-order valence-electron chi connectivity index (χ4n) is 1.70. The van der Waals surface area contributed by atoms with Gasteiger partial charge in [-0.3, -0.25) is 0 Å². The highest BCUT2D eigenvalue weighted by Gasteiger charge is 2.07. The van der Waals surface area contributed by atoms with Gasteiger partial charge >= 0.3 is 0 Å². The first-order valence-corrected chi connectivity index (χ1v) is 5.89. The summed E-state index contributed by atoms with van der Waals surface area (Å²) in [7, 11) is 0. The first-order valence-electron chi connectivity index (χ1n) is 5.89. The summed E-state index contributed by atoms with van der Waals surface area (Å²) < 4.78 is 5.30. The lowest BCUT2D eigenvalue weighted by Gasteiger charge is -1.99. The Kier molecular flexibility index (Phi) is 3.14. The van der Waals surface area contributed by atoms with Gasteiger partial charge in [0.05, 0.1) is 23.1 Å². The van der Waals surface area contributed by atoms with E-state index in [0.717, 1.165) is 16.9 Å². The third kappa shape index (κ3) is 2.57. The Labute approximate surface area is 110 Å². The van der Waals surface area contributed by atoms with E-state index in [1.165, 1.54) is 0 Å². The molecule has 0 bridgehead atoms. The maximum absolute atomic E-state index is 5.30. The van der Waals surface area contributed by atoms with Gasteiger partial charge < -0.3 is 4.42 Å². The van der Waals surface area contributed by atoms with Crippen molar-refractivity contribution < 1.29 is 4.42 Å². The summed E-state index contributed by atoms with van der Waals surface area (Å²) in [5.74, 6) is 0.544. The van der Waals surface area contributed by atoms with E-state index in [-0.39, 0.29) is 0 Å². The van der Waals surface area contributed by atoms with Gasteiger partial charge in [-0.25, -0.2) is 4.98 Å². The first-order chi connectivity index (χ1) is 9.43. The van der Waals surface area contributed by atoms with Gasteiger partial charge in [-0.2, -0.15) is 5.11 Å². The van der Waals surface area contributed by atoms with Crippen LogP contribution in [0.2, 0.25) is 0 Å². The predicted molar refractivity (Wildman–Crippen MR) is 72.6 cm³/mol. The summed E-state index contributed by atoms with van der Waals surface area (Å²) in [5.41, 5.74) is 2.37. The van der Waals surface area contributed by atoms with Crippen LogP contribution in [0.25, 0.3) is 11.5 Å². The van der Waals surface area contributed by atoms with Gasteiger partial charge in [0.25, 0.3) is 0 Å². The summed E-state index contributed by atoms with van der Waals surface area (Å²) in [6, 6.07) is 17.2. The van der Waals surface area contributed by atoms with Crippen LogP contribution >= 0.6 is 0 Å². The lowest BCUT2D eigenvalue weighted by molar-refractivity contribution is 0.574. The van der Waals surface area contributed by atoms with E-state index < -0.39 is 0 Å². The van der Waals surface area contributed by atoms with Crippen molar-refractivity contribution in [2.45, 2.75) is 0 Å². The number of oxazole rings is 1. The third-order valence-electron chi connectivity index (χ3n) is 2.60. The van der Waals surface area contributed by atoms with Crippen LogP contribution in [-0.2, 0) is 0 Å². The largest absolute Gasteiger partial charge is 0.444 e. The van der Waals surface area contributed by atoms with Gasteiger partial charge in [0, 0.05) is 0 Å². The van der Waals surface area contributed by atoms with Gasteiger partial charge in [0.1, 0.15) is 6.26 Å². The monoisotopic (exact) mass is 249 g/mol. The number of hydrogen-bond donors (Lipinski definition) is 0. The Morgan fingerprint density at radius 2 is 1.63 bits per heavy atom. The molecule has 0 N–H and O–H groups in total. The van der Waals surface area contributed by atoms with Gasteiger partial charge in [0.2, 0.25) is 5.89 Å². The summed E-state index contributed by atoms with van der Waals surface area (Å²) in [5, 5.41) is 8.46. The average Bonchev–Trinajstić information content (AvgIpc) is 3.01. The van der Waals surface area contributed by atoms with Crippen molar-refractivity contribution in [2.75, 3.05) is 0 Å². The van der Waals surface area contributed by atoms with Gasteiger partial charge in [-0.05, 0) is 24.3 Å². The van der Waals surface area contributed by atoms with Crippen LogP contribution in [-0.4, -0.2) is 4.98 Å². The minimum atomic E-state index is 0.544. The maximum atomic E-state index is 5.30. The molecular formula is C15H11N3O. The molecule has 0 saturated carbocycles. The summed E-state index contributed by atoms with van der Waals surface area (Å²) in [4.78, 5) is 4.13. The van der Waals surface area contributed by atoms with Crippen molar-refractivity contribution in [1.29, 1.82) is 0 Å². The van der Waals surface area contributed by atoms with E-state index in [0.29, 0.717) is 5.89 Å². The molecule has 0 aliphatic carbocycles. The molecule has 3 aromatic rings. The molecule has 0 saturated heterocycles. The minimum Gasteiger partial charge on any atom is -0.444 e. The van der Waals surface area contributed by atoms with Crippen LogP contribution in [0.15, 0.2) is 81.7 Å². The van der Waals surface area contributed by atoms with Crippen molar-refractivity contribution in [2.24, 2.45) is 10.2 Å². The van der Waals surface area contributed by atoms with Crippen molar-refractivity contribution in [3.05, 3.63) is 67.1 Å². The predicted octanol–water partition coefficient (Wildman–Crippen LogP) is 4.76. The van der Waals surface area contributed by atoms with Crippen molar-refractivity contribution in [1.82, 2.24) is 4.98 Å². The highest BCUT2D eigenvalue weighted by atomic mass is 16.3. The van der Waals surface area contributed by atoms with Crippen molar-refractivity contribution >= 4 is 11.4 Å². The number of azo groups is 1. The molecule has 0 spiro atoms. The number of nitrogens with zero attached hydrogens (tertiary/aromatic N) is 3. The van der Waals surface area contributed by atoms with E-state index in [9.17, 15) is 0 Å². The van der Waals surface area contributed by atoms with Crippen LogP contribution in [0.1, 0.15) is 0 Å². The van der Waals surface area contributed by atoms with Crippen LogP contribution < -0.4 is 0 Å². The second-order valence-corrected chi connectivity index (χ2v) is 3.89. The second-order valence-electron chi connectivity index (χ2n) is 3.89. The summed E-state index contributed by atoms with van der Waals surface area (Å²) in [6.07, 6.45) is 3.15. The normalized spacial score (nSPS) is 10.9. The molecule has 1 aromatic heterocycles. The van der Waals surface area contributed by atoms with E-state index in [1.54, 1.807) is 12.5 Å². The molecule has 2 aromatic carbocycles. The van der Waals surface area contributed by atoms with Crippen LogP contribution in [0.5, 0.6) is 0 Å². The van der Waals surface area contributed by atoms with Crippen molar-refractivity contribution in [3.63, 3.8) is 0 Å². The number of rotatable bonds is 3. The van der Waals surface area contributed by atoms with Crippen LogP contribution in [0, 0.1) is 0 Å². The number of benzene rings is 2. The van der Waals surface area contributed by atoms with Crippen LogP contribution in [0.3, 0.4) is 0 Å². The van der Waals surface area contributed by atoms with Gasteiger partial charge in [-0.1, -0.05) is 30.3 Å². The molecule has 0 amide bonds.